The summed E-state index contributed by atoms with van der Waals surface area (Å²) < 4.78 is 12.6. The maximum atomic E-state index is 13.8. The lowest BCUT2D eigenvalue weighted by atomic mass is 9.08. The molecule has 5 saturated carbocycles. The average Bonchev–Trinajstić information content (AvgIpc) is 3.66. The number of carbonyl (C=O) groups excluding carboxylic acids is 1. The monoisotopic (exact) mass is 562 g/mol. The second-order valence-electron chi connectivity index (χ2n) is 15.4. The molecule has 5 rings (SSSR count). The summed E-state index contributed by atoms with van der Waals surface area (Å²) >= 11 is 0. The molecule has 5 aliphatic rings. The van der Waals surface area contributed by atoms with Gasteiger partial charge in [0.25, 0.3) is 0 Å². The zero-order valence-corrected chi connectivity index (χ0v) is 28.7. The molecule has 5 fully saturated rings. The molecule has 5 aliphatic carbocycles. The van der Waals surface area contributed by atoms with Crippen molar-refractivity contribution in [1.29, 1.82) is 0 Å². The Labute approximate surface area is 248 Å². The van der Waals surface area contributed by atoms with Gasteiger partial charge in [-0.1, -0.05) is 87.5 Å². The predicted octanol–water partition coefficient (Wildman–Crippen LogP) is 9.35. The van der Waals surface area contributed by atoms with Gasteiger partial charge in [0.05, 0.1) is 11.7 Å². The first-order chi connectivity index (χ1) is 18.7. The van der Waals surface area contributed by atoms with E-state index < -0.39 is 0 Å². The average molecular weight is 562 g/mol. The predicted molar refractivity (Wildman–Crippen MR) is 168 cm³/mol. The topological polar surface area (TPSA) is 47.6 Å². The first kappa shape index (κ1) is 34.0. The molecule has 0 bridgehead atoms. The SMILES string of the molecule is CCC.CCC1CC1.CCCC(C)(C(=O)C(C)CC12CC3CC4(OC(C)C)CC(NC(C)OCC)(C1)C324)C(C)C. The molecule has 0 aromatic heterocycles. The quantitative estimate of drug-likeness (QED) is 0.215. The third-order valence-electron chi connectivity index (χ3n) is 11.7. The standard InChI is InChI=1S/C28H49NO3.C5H10.C3H8/c1-10-12-24(9,18(3)4)23(30)20(7)13-25-14-22-15-27(32-19(5)6)17-26(16-25,28(22,25)27)29-21(8)31-11-2;1-2-5-3-4-5;1-3-2/h18-22,29H,10-17H2,1-9H3;5H,2-4H2,1H3;3H2,1-2H3. The highest BCUT2D eigenvalue weighted by molar-refractivity contribution is 5.86. The minimum Gasteiger partial charge on any atom is -0.372 e. The minimum absolute atomic E-state index is 0.0226. The van der Waals surface area contributed by atoms with Crippen molar-refractivity contribution >= 4 is 5.78 Å². The Morgan fingerprint density at radius 3 is 2.02 bits per heavy atom. The van der Waals surface area contributed by atoms with Crippen molar-refractivity contribution in [3.63, 3.8) is 0 Å². The summed E-state index contributed by atoms with van der Waals surface area (Å²) in [6.45, 7) is 26.9. The van der Waals surface area contributed by atoms with Gasteiger partial charge in [-0.3, -0.25) is 10.1 Å². The van der Waals surface area contributed by atoms with Gasteiger partial charge in [0.1, 0.15) is 12.0 Å². The summed E-state index contributed by atoms with van der Waals surface area (Å²) in [4.78, 5) is 13.8. The highest BCUT2D eigenvalue weighted by Gasteiger charge is 2.99. The molecule has 0 heterocycles. The van der Waals surface area contributed by atoms with Crippen LogP contribution in [0.5, 0.6) is 0 Å². The van der Waals surface area contributed by atoms with E-state index in [9.17, 15) is 4.79 Å². The molecule has 8 unspecified atom stereocenters. The van der Waals surface area contributed by atoms with Crippen LogP contribution in [0.1, 0.15) is 154 Å². The van der Waals surface area contributed by atoms with E-state index in [1.807, 2.05) is 0 Å². The Hall–Kier alpha value is -0.450. The van der Waals surface area contributed by atoms with Crippen LogP contribution in [0.2, 0.25) is 0 Å². The Balaban J connectivity index is 0.000000480. The summed E-state index contributed by atoms with van der Waals surface area (Å²) in [5.74, 6) is 2.87. The number of rotatable bonds is 14. The van der Waals surface area contributed by atoms with Crippen LogP contribution >= 0.6 is 0 Å². The van der Waals surface area contributed by atoms with Gasteiger partial charge in [0.15, 0.2) is 0 Å². The van der Waals surface area contributed by atoms with Crippen molar-refractivity contribution in [3.8, 4) is 0 Å². The van der Waals surface area contributed by atoms with Gasteiger partial charge in [0.2, 0.25) is 0 Å². The zero-order valence-electron chi connectivity index (χ0n) is 28.7. The summed E-state index contributed by atoms with van der Waals surface area (Å²) in [5.41, 5.74) is 0.441. The van der Waals surface area contributed by atoms with Crippen LogP contribution in [-0.4, -0.2) is 35.9 Å². The summed E-state index contributed by atoms with van der Waals surface area (Å²) in [5, 5.41) is 3.92. The molecule has 8 atom stereocenters. The minimum atomic E-state index is -0.209. The molecule has 0 aliphatic heterocycles. The fraction of sp³-hybridized carbons (Fsp3) is 0.972. The van der Waals surface area contributed by atoms with Gasteiger partial charge < -0.3 is 9.47 Å². The van der Waals surface area contributed by atoms with E-state index in [0.717, 1.165) is 44.1 Å². The van der Waals surface area contributed by atoms with Crippen LogP contribution < -0.4 is 5.32 Å². The fourth-order valence-corrected chi connectivity index (χ4v) is 10.4. The van der Waals surface area contributed by atoms with Crippen LogP contribution in [0.3, 0.4) is 0 Å². The van der Waals surface area contributed by atoms with Gasteiger partial charge in [-0.25, -0.2) is 0 Å². The Bertz CT molecular complexity index is 853. The second-order valence-corrected chi connectivity index (χ2v) is 15.4. The molecule has 234 valence electrons. The lowest BCUT2D eigenvalue weighted by Crippen LogP contribution is -3.04. The van der Waals surface area contributed by atoms with E-state index in [4.69, 9.17) is 9.47 Å². The maximum Gasteiger partial charge on any atom is 0.141 e. The van der Waals surface area contributed by atoms with Crippen LogP contribution in [-0.2, 0) is 14.3 Å². The summed E-state index contributed by atoms with van der Waals surface area (Å²) in [6.07, 6.45) is 13.9. The molecule has 4 heteroatoms. The number of ketones is 1. The number of hydrogen-bond donors (Lipinski definition) is 1. The molecule has 4 nitrogen and oxygen atoms in total. The normalized spacial score (nSPS) is 37.4. The van der Waals surface area contributed by atoms with Gasteiger partial charge in [-0.05, 0) is 89.4 Å². The molecular weight excluding hydrogens is 494 g/mol. The van der Waals surface area contributed by atoms with Crippen molar-refractivity contribution in [2.45, 2.75) is 177 Å². The fourth-order valence-electron chi connectivity index (χ4n) is 10.4. The summed E-state index contributed by atoms with van der Waals surface area (Å²) in [6, 6.07) is 0. The smallest absolute Gasteiger partial charge is 0.141 e. The number of ether oxygens (including phenoxy) is 2. The molecule has 1 spiro atoms. The molecular formula is C36H67NO3. The molecule has 0 radical (unpaired) electrons. The van der Waals surface area contributed by atoms with Gasteiger partial charge in [-0.2, -0.15) is 0 Å². The van der Waals surface area contributed by atoms with E-state index in [-0.39, 0.29) is 45.6 Å². The van der Waals surface area contributed by atoms with Crippen molar-refractivity contribution in [1.82, 2.24) is 5.32 Å². The molecule has 0 amide bonds. The van der Waals surface area contributed by atoms with Gasteiger partial charge in [-0.15, -0.1) is 0 Å². The maximum absolute atomic E-state index is 13.8. The lowest BCUT2D eigenvalue weighted by Gasteiger charge is -2.99. The number of Topliss-reactive ketones (excluding diaryl/α,β-unsaturated/α-hetero) is 1. The third kappa shape index (κ3) is 5.27. The third-order valence-corrected chi connectivity index (χ3v) is 11.7. The second kappa shape index (κ2) is 12.7. The van der Waals surface area contributed by atoms with E-state index >= 15 is 0 Å². The van der Waals surface area contributed by atoms with E-state index in [0.29, 0.717) is 11.7 Å². The van der Waals surface area contributed by atoms with Crippen LogP contribution in [0.4, 0.5) is 0 Å². The Morgan fingerprint density at radius 1 is 0.975 bits per heavy atom. The molecule has 1 N–H and O–H groups in total. The first-order valence-corrected chi connectivity index (χ1v) is 17.4. The number of hydrogen-bond acceptors (Lipinski definition) is 4. The van der Waals surface area contributed by atoms with Crippen LogP contribution in [0.15, 0.2) is 0 Å². The van der Waals surface area contributed by atoms with Crippen molar-refractivity contribution in [2.24, 2.45) is 39.9 Å². The number of nitrogens with one attached hydrogen (secondary N) is 1. The van der Waals surface area contributed by atoms with Gasteiger partial charge >= 0.3 is 0 Å². The van der Waals surface area contributed by atoms with Crippen LogP contribution in [0, 0.1) is 39.9 Å². The van der Waals surface area contributed by atoms with Crippen molar-refractivity contribution < 1.29 is 14.3 Å². The summed E-state index contributed by atoms with van der Waals surface area (Å²) in [7, 11) is 0. The largest absolute Gasteiger partial charge is 0.372 e. The van der Waals surface area contributed by atoms with E-state index in [2.05, 4.69) is 88.4 Å². The molecule has 0 aromatic carbocycles. The van der Waals surface area contributed by atoms with Crippen molar-refractivity contribution in [2.75, 3.05) is 6.61 Å². The zero-order chi connectivity index (χ0) is 30.1. The Morgan fingerprint density at radius 2 is 1.60 bits per heavy atom. The molecule has 40 heavy (non-hydrogen) atoms. The lowest BCUT2D eigenvalue weighted by molar-refractivity contribution is -0.520. The van der Waals surface area contributed by atoms with Crippen LogP contribution in [0.25, 0.3) is 0 Å². The van der Waals surface area contributed by atoms with Crippen molar-refractivity contribution in [3.05, 3.63) is 0 Å². The first-order valence-electron chi connectivity index (χ1n) is 17.4. The number of carbonyl (C=O) groups is 1. The molecule has 0 saturated heterocycles. The Kier molecular flexibility index (Phi) is 10.8. The van der Waals surface area contributed by atoms with Gasteiger partial charge in [0, 0.05) is 28.9 Å². The van der Waals surface area contributed by atoms with E-state index in [1.54, 1.807) is 0 Å². The molecule has 0 aromatic rings. The highest BCUT2D eigenvalue weighted by atomic mass is 16.5. The van der Waals surface area contributed by atoms with E-state index in [1.165, 1.54) is 44.9 Å². The highest BCUT2D eigenvalue weighted by Crippen LogP contribution is 2.97.